The second kappa shape index (κ2) is 13.8. The van der Waals surface area contributed by atoms with Crippen LogP contribution in [0.15, 0.2) is 48.5 Å². The van der Waals surface area contributed by atoms with Crippen molar-refractivity contribution < 1.29 is 61.2 Å². The average molecular weight is 490 g/mol. The summed E-state index contributed by atoms with van der Waals surface area (Å²) in [7, 11) is -3.32. The van der Waals surface area contributed by atoms with Crippen molar-refractivity contribution in [2.45, 2.75) is 38.1 Å². The molecule has 0 saturated carbocycles. The van der Waals surface area contributed by atoms with Crippen LogP contribution in [-0.4, -0.2) is 51.3 Å². The van der Waals surface area contributed by atoms with Gasteiger partial charge in [0.25, 0.3) is 0 Å². The van der Waals surface area contributed by atoms with E-state index in [0.29, 0.717) is 12.5 Å². The Morgan fingerprint density at radius 2 is 1.61 bits per heavy atom. The van der Waals surface area contributed by atoms with Crippen LogP contribution in [0.25, 0.3) is 11.1 Å². The molecule has 1 unspecified atom stereocenters. The molecule has 0 spiro atoms. The summed E-state index contributed by atoms with van der Waals surface area (Å²) in [5.74, 6) is 0.0925. The molecule has 0 aromatic heterocycles. The van der Waals surface area contributed by atoms with E-state index < -0.39 is 10.0 Å². The Morgan fingerprint density at radius 3 is 2.26 bits per heavy atom. The van der Waals surface area contributed by atoms with Crippen LogP contribution in [0.3, 0.4) is 0 Å². The van der Waals surface area contributed by atoms with Crippen molar-refractivity contribution in [3.8, 4) is 11.1 Å². The second-order valence-electron chi connectivity index (χ2n) is 8.08. The van der Waals surface area contributed by atoms with Crippen molar-refractivity contribution >= 4 is 21.6 Å². The number of hydrogen-bond acceptors (Lipinski definition) is 4. The van der Waals surface area contributed by atoms with Gasteiger partial charge < -0.3 is 6.74 Å². The number of benzene rings is 2. The maximum Gasteiger partial charge on any atom is 1.00 e. The van der Waals surface area contributed by atoms with Gasteiger partial charge in [-0.2, -0.15) is 0 Å². The Labute approximate surface area is 236 Å². The molecule has 166 valence electrons. The predicted molar refractivity (Wildman–Crippen MR) is 126 cm³/mol. The van der Waals surface area contributed by atoms with Crippen molar-refractivity contribution in [3.63, 3.8) is 0 Å². The Balaban J connectivity index is 0.00000256. The van der Waals surface area contributed by atoms with Gasteiger partial charge in [-0.15, -0.1) is 0 Å². The molecule has 1 heterocycles. The maximum absolute atomic E-state index is 11.0. The molecule has 0 amide bonds. The first-order valence-corrected chi connectivity index (χ1v) is 12.8. The summed E-state index contributed by atoms with van der Waals surface area (Å²) < 4.78 is 22.0. The van der Waals surface area contributed by atoms with Crippen molar-refractivity contribution in [3.05, 3.63) is 59.1 Å². The van der Waals surface area contributed by atoms with Crippen LogP contribution >= 0.6 is 11.6 Å². The van der Waals surface area contributed by atoms with Crippen LogP contribution in [0, 0.1) is 0 Å². The molecule has 3 rings (SSSR count). The Morgan fingerprint density at radius 1 is 1.00 bits per heavy atom. The predicted octanol–water partition coefficient (Wildman–Crippen LogP) is 0.789. The average Bonchev–Trinajstić information content (AvgIpc) is 2.72. The van der Waals surface area contributed by atoms with E-state index in [-0.39, 0.29) is 58.6 Å². The first-order valence-electron chi connectivity index (χ1n) is 10.7. The molecule has 1 aliphatic rings. The fourth-order valence-electron chi connectivity index (χ4n) is 4.02. The summed E-state index contributed by atoms with van der Waals surface area (Å²) in [4.78, 5) is 2.57. The number of sulfonamides is 1. The van der Waals surface area contributed by atoms with Gasteiger partial charge in [-0.05, 0) is 54.6 Å². The van der Waals surface area contributed by atoms with Gasteiger partial charge in [0.2, 0.25) is 10.0 Å². The normalized spacial score (nSPS) is 17.3. The van der Waals surface area contributed by atoms with E-state index in [4.69, 9.17) is 16.7 Å². The van der Waals surface area contributed by atoms with Crippen molar-refractivity contribution in [2.24, 2.45) is 5.14 Å². The molecule has 2 aromatic carbocycles. The maximum atomic E-state index is 11.0. The number of nitrogens with two attached hydrogens (primary N) is 1. The van der Waals surface area contributed by atoms with E-state index in [1.54, 1.807) is 0 Å². The third-order valence-electron chi connectivity index (χ3n) is 5.70. The van der Waals surface area contributed by atoms with Gasteiger partial charge in [-0.3, -0.25) is 4.90 Å². The molecular weight excluding hydrogens is 457 g/mol. The summed E-state index contributed by atoms with van der Waals surface area (Å²) in [5.41, 5.74) is 3.72. The number of primary sulfonamides is 1. The molecule has 1 atom stereocenters. The quantitative estimate of drug-likeness (QED) is 0.382. The number of hydrogen-bond donors (Lipinski definition) is 2. The Hall–Kier alpha value is 0.196. The van der Waals surface area contributed by atoms with E-state index in [1.165, 1.54) is 16.7 Å². The first-order chi connectivity index (χ1) is 14.4. The molecule has 5 nitrogen and oxygen atoms in total. The fraction of sp³-hybridized carbons (Fsp3) is 0.478. The molecule has 0 bridgehead atoms. The summed E-state index contributed by atoms with van der Waals surface area (Å²) in [5, 5.41) is 9.33. The molecule has 0 aliphatic carbocycles. The monoisotopic (exact) mass is 489 g/mol. The van der Waals surface area contributed by atoms with E-state index in [1.807, 2.05) is 24.3 Å². The van der Waals surface area contributed by atoms with Gasteiger partial charge >= 0.3 is 51.4 Å². The van der Waals surface area contributed by atoms with Crippen LogP contribution in [0.5, 0.6) is 0 Å². The molecule has 0 radical (unpaired) electrons. The van der Waals surface area contributed by atoms with Crippen LogP contribution < -0.4 is 61.8 Å². The van der Waals surface area contributed by atoms with Gasteiger partial charge in [0.1, 0.15) is 0 Å². The molecule has 1 saturated heterocycles. The second-order valence-corrected chi connectivity index (χ2v) is 10.3. The topological polar surface area (TPSA) is 75.4 Å². The number of nitrogens with one attached hydrogen (secondary N) is 1. The van der Waals surface area contributed by atoms with Crippen molar-refractivity contribution in [2.75, 3.05) is 31.9 Å². The summed E-state index contributed by atoms with van der Waals surface area (Å²) in [6.45, 7) is 4.15. The SMILES string of the molecule is NS(=O)(=O)CCCCCCN1CCNCC1Cc1ccc(-c2ccc(Cl)cc2)cc1.[H-].[K+]. The van der Waals surface area contributed by atoms with E-state index in [9.17, 15) is 8.42 Å². The zero-order valence-corrected chi connectivity index (χ0v) is 23.1. The summed E-state index contributed by atoms with van der Waals surface area (Å²) >= 11 is 5.99. The number of piperazine rings is 1. The van der Waals surface area contributed by atoms with Gasteiger partial charge in [0, 0.05) is 30.7 Å². The zero-order valence-electron chi connectivity index (χ0n) is 19.4. The molecule has 2 aromatic rings. The van der Waals surface area contributed by atoms with E-state index >= 15 is 0 Å². The minimum absolute atomic E-state index is 0. The van der Waals surface area contributed by atoms with Gasteiger partial charge in [0.05, 0.1) is 5.75 Å². The minimum atomic E-state index is -3.32. The van der Waals surface area contributed by atoms with Crippen molar-refractivity contribution in [1.29, 1.82) is 0 Å². The Kier molecular flexibility index (Phi) is 12.2. The smallest absolute Gasteiger partial charge is 1.00 e. The standard InChI is InChI=1S/C23H32ClN3O2S.K.H/c24-22-11-9-21(10-12-22)20-7-5-19(6-8-20)17-23-18-26-13-15-27(23)14-3-1-2-4-16-30(25,28)29;;/h5-12,23,26H,1-4,13-18H2,(H2,25,28,29);;/q;+1;-1. The van der Waals surface area contributed by atoms with E-state index in [2.05, 4.69) is 34.5 Å². The van der Waals surface area contributed by atoms with Crippen LogP contribution in [-0.2, 0) is 16.4 Å². The fourth-order valence-corrected chi connectivity index (χ4v) is 4.75. The molecule has 31 heavy (non-hydrogen) atoms. The summed E-state index contributed by atoms with van der Waals surface area (Å²) in [6.07, 6.45) is 4.74. The summed E-state index contributed by atoms with van der Waals surface area (Å²) in [6, 6.07) is 17.3. The number of nitrogens with zero attached hydrogens (tertiary/aromatic N) is 1. The first kappa shape index (κ1) is 27.4. The minimum Gasteiger partial charge on any atom is -1.00 e. The number of halogens is 1. The van der Waals surface area contributed by atoms with Gasteiger partial charge in [0.15, 0.2) is 0 Å². The number of rotatable bonds is 10. The number of unbranched alkanes of at least 4 members (excludes halogenated alkanes) is 3. The molecular formula is C23H33ClKN3O2S. The Bertz CT molecular complexity index is 898. The third-order valence-corrected chi connectivity index (χ3v) is 6.81. The van der Waals surface area contributed by atoms with Crippen LogP contribution in [0.1, 0.15) is 32.7 Å². The van der Waals surface area contributed by atoms with Gasteiger partial charge in [-0.25, -0.2) is 13.6 Å². The van der Waals surface area contributed by atoms with Crippen molar-refractivity contribution in [1.82, 2.24) is 10.2 Å². The largest absolute Gasteiger partial charge is 1.00 e. The molecule has 3 N–H and O–H groups in total. The van der Waals surface area contributed by atoms with Gasteiger partial charge in [-0.1, -0.05) is 60.8 Å². The molecule has 1 aliphatic heterocycles. The van der Waals surface area contributed by atoms with Crippen LogP contribution in [0.2, 0.25) is 5.02 Å². The third kappa shape index (κ3) is 9.92. The van der Waals surface area contributed by atoms with Crippen LogP contribution in [0.4, 0.5) is 0 Å². The van der Waals surface area contributed by atoms with E-state index in [0.717, 1.165) is 56.9 Å². The molecule has 1 fully saturated rings. The zero-order chi connectivity index (χ0) is 21.4. The molecule has 8 heteroatoms.